The topological polar surface area (TPSA) is 43.1 Å². The van der Waals surface area contributed by atoms with Gasteiger partial charge in [-0.05, 0) is 12.8 Å². The maximum atomic E-state index is 10.6. The van der Waals surface area contributed by atoms with Crippen LogP contribution >= 0.6 is 0 Å². The number of carbonyl (C=O) groups is 1. The molecule has 0 aromatic carbocycles. The minimum absolute atomic E-state index is 0.141. The van der Waals surface area contributed by atoms with E-state index in [1.807, 2.05) is 13.8 Å². The number of rotatable bonds is 2. The molecule has 1 rings (SSSR count). The van der Waals surface area contributed by atoms with E-state index in [1.54, 1.807) is 0 Å². The molecule has 0 aromatic heterocycles. The van der Waals surface area contributed by atoms with Crippen molar-refractivity contribution in [3.05, 3.63) is 0 Å². The highest BCUT2D eigenvalue weighted by atomic mass is 16.1. The summed E-state index contributed by atoms with van der Waals surface area (Å²) in [6.07, 6.45) is 6.70. The summed E-state index contributed by atoms with van der Waals surface area (Å²) in [5, 5.41) is 0. The van der Waals surface area contributed by atoms with Crippen LogP contribution in [0.2, 0.25) is 0 Å². The van der Waals surface area contributed by atoms with Crippen molar-refractivity contribution in [1.29, 1.82) is 0 Å². The highest BCUT2D eigenvalue weighted by Crippen LogP contribution is 2.32. The maximum absolute atomic E-state index is 10.6. The monoisotopic (exact) mass is 171 g/mol. The molecule has 0 heterocycles. The first kappa shape index (κ1) is 11.6. The Bertz CT molecular complexity index is 117. The Kier molecular flexibility index (Phi) is 5.99. The fraction of sp³-hybridized carbons (Fsp3) is 0.900. The highest BCUT2D eigenvalue weighted by molar-refractivity contribution is 5.59. The van der Waals surface area contributed by atoms with Crippen molar-refractivity contribution in [3.63, 3.8) is 0 Å². The lowest BCUT2D eigenvalue weighted by molar-refractivity contribution is -0.117. The Morgan fingerprint density at radius 2 is 1.75 bits per heavy atom. The molecule has 12 heavy (non-hydrogen) atoms. The van der Waals surface area contributed by atoms with Crippen LogP contribution in [-0.2, 0) is 4.79 Å². The SMILES string of the molecule is CC.NCC1(C=O)CCCCC1. The van der Waals surface area contributed by atoms with Crippen LogP contribution in [0.4, 0.5) is 0 Å². The summed E-state index contributed by atoms with van der Waals surface area (Å²) in [5.41, 5.74) is 5.38. The fourth-order valence-corrected chi connectivity index (χ4v) is 1.63. The first-order chi connectivity index (χ1) is 5.83. The van der Waals surface area contributed by atoms with Crippen molar-refractivity contribution in [2.45, 2.75) is 46.0 Å². The molecule has 0 aliphatic heterocycles. The summed E-state index contributed by atoms with van der Waals surface area (Å²) < 4.78 is 0. The average Bonchev–Trinajstić information content (AvgIpc) is 2.22. The molecule has 2 heteroatoms. The summed E-state index contributed by atoms with van der Waals surface area (Å²) in [6, 6.07) is 0. The molecular weight excluding hydrogens is 150 g/mol. The smallest absolute Gasteiger partial charge is 0.127 e. The lowest BCUT2D eigenvalue weighted by atomic mass is 9.75. The summed E-state index contributed by atoms with van der Waals surface area (Å²) in [6.45, 7) is 4.54. The fourth-order valence-electron chi connectivity index (χ4n) is 1.63. The van der Waals surface area contributed by atoms with E-state index in [0.29, 0.717) is 6.54 Å². The van der Waals surface area contributed by atoms with Crippen molar-refractivity contribution in [3.8, 4) is 0 Å². The van der Waals surface area contributed by atoms with Crippen LogP contribution in [0.25, 0.3) is 0 Å². The number of aldehydes is 1. The summed E-state index contributed by atoms with van der Waals surface area (Å²) in [7, 11) is 0. The zero-order valence-corrected chi connectivity index (χ0v) is 8.31. The molecule has 0 spiro atoms. The van der Waals surface area contributed by atoms with E-state index in [1.165, 1.54) is 19.3 Å². The van der Waals surface area contributed by atoms with E-state index in [0.717, 1.165) is 19.1 Å². The summed E-state index contributed by atoms with van der Waals surface area (Å²) in [4.78, 5) is 10.6. The van der Waals surface area contributed by atoms with Crippen LogP contribution in [0.3, 0.4) is 0 Å². The average molecular weight is 171 g/mol. The largest absolute Gasteiger partial charge is 0.329 e. The van der Waals surface area contributed by atoms with E-state index in [9.17, 15) is 4.79 Å². The molecule has 0 radical (unpaired) electrons. The Hall–Kier alpha value is -0.370. The van der Waals surface area contributed by atoms with E-state index in [2.05, 4.69) is 0 Å². The van der Waals surface area contributed by atoms with Crippen LogP contribution in [-0.4, -0.2) is 12.8 Å². The lowest BCUT2D eigenvalue weighted by Crippen LogP contribution is -2.34. The second-order valence-electron chi connectivity index (χ2n) is 3.25. The minimum Gasteiger partial charge on any atom is -0.329 e. The van der Waals surface area contributed by atoms with Gasteiger partial charge < -0.3 is 10.5 Å². The van der Waals surface area contributed by atoms with E-state index < -0.39 is 0 Å². The van der Waals surface area contributed by atoms with Crippen LogP contribution in [0.1, 0.15) is 46.0 Å². The van der Waals surface area contributed by atoms with Crippen molar-refractivity contribution < 1.29 is 4.79 Å². The second-order valence-corrected chi connectivity index (χ2v) is 3.25. The van der Waals surface area contributed by atoms with Gasteiger partial charge in [-0.15, -0.1) is 0 Å². The molecule has 72 valence electrons. The lowest BCUT2D eigenvalue weighted by Gasteiger charge is -2.30. The second kappa shape index (κ2) is 6.18. The Morgan fingerprint density at radius 3 is 2.00 bits per heavy atom. The number of hydrogen-bond donors (Lipinski definition) is 1. The Labute approximate surface area is 75.5 Å². The van der Waals surface area contributed by atoms with Crippen molar-refractivity contribution >= 4 is 6.29 Å². The maximum Gasteiger partial charge on any atom is 0.127 e. The molecule has 0 saturated heterocycles. The number of hydrogen-bond acceptors (Lipinski definition) is 2. The molecule has 1 aliphatic carbocycles. The zero-order valence-electron chi connectivity index (χ0n) is 8.31. The van der Waals surface area contributed by atoms with Crippen molar-refractivity contribution in [2.24, 2.45) is 11.1 Å². The quantitative estimate of drug-likeness (QED) is 0.647. The van der Waals surface area contributed by atoms with Gasteiger partial charge in [-0.1, -0.05) is 33.1 Å². The third-order valence-corrected chi connectivity index (χ3v) is 2.51. The van der Waals surface area contributed by atoms with Gasteiger partial charge in [-0.2, -0.15) is 0 Å². The third-order valence-electron chi connectivity index (χ3n) is 2.51. The molecule has 2 nitrogen and oxygen atoms in total. The van der Waals surface area contributed by atoms with Gasteiger partial charge in [0.2, 0.25) is 0 Å². The molecule has 0 amide bonds. The Morgan fingerprint density at radius 1 is 1.25 bits per heavy atom. The first-order valence-electron chi connectivity index (χ1n) is 4.99. The molecule has 2 N–H and O–H groups in total. The van der Waals surface area contributed by atoms with Crippen molar-refractivity contribution in [2.75, 3.05) is 6.54 Å². The van der Waals surface area contributed by atoms with Gasteiger partial charge in [0.25, 0.3) is 0 Å². The molecule has 0 unspecified atom stereocenters. The Balaban J connectivity index is 0.000000561. The van der Waals surface area contributed by atoms with Crippen LogP contribution in [0, 0.1) is 5.41 Å². The first-order valence-corrected chi connectivity index (χ1v) is 4.99. The predicted molar refractivity (Wildman–Crippen MR) is 52.0 cm³/mol. The van der Waals surface area contributed by atoms with Gasteiger partial charge in [0.1, 0.15) is 6.29 Å². The van der Waals surface area contributed by atoms with Gasteiger partial charge in [-0.25, -0.2) is 0 Å². The van der Waals surface area contributed by atoms with E-state index >= 15 is 0 Å². The van der Waals surface area contributed by atoms with Gasteiger partial charge in [0.05, 0.1) is 0 Å². The van der Waals surface area contributed by atoms with Crippen molar-refractivity contribution in [1.82, 2.24) is 0 Å². The molecular formula is C10H21NO. The standard InChI is InChI=1S/C8H15NO.C2H6/c9-6-8(7-10)4-2-1-3-5-8;1-2/h7H,1-6,9H2;1-2H3. The molecule has 1 aliphatic rings. The normalized spacial score (nSPS) is 20.6. The van der Waals surface area contributed by atoms with Gasteiger partial charge in [-0.3, -0.25) is 0 Å². The third kappa shape index (κ3) is 2.94. The van der Waals surface area contributed by atoms with Crippen LogP contribution in [0.5, 0.6) is 0 Å². The molecule has 1 fully saturated rings. The highest BCUT2D eigenvalue weighted by Gasteiger charge is 2.29. The zero-order chi connectivity index (χ0) is 9.45. The van der Waals surface area contributed by atoms with Gasteiger partial charge in [0.15, 0.2) is 0 Å². The van der Waals surface area contributed by atoms with Crippen LogP contribution in [0.15, 0.2) is 0 Å². The minimum atomic E-state index is -0.141. The molecule has 0 bridgehead atoms. The summed E-state index contributed by atoms with van der Waals surface area (Å²) in [5.74, 6) is 0. The predicted octanol–water partition coefficient (Wildman–Crippen LogP) is 2.12. The molecule has 0 aromatic rings. The van der Waals surface area contributed by atoms with E-state index in [4.69, 9.17) is 5.73 Å². The number of carbonyl (C=O) groups excluding carboxylic acids is 1. The number of nitrogens with two attached hydrogens (primary N) is 1. The molecule has 0 atom stereocenters. The van der Waals surface area contributed by atoms with Gasteiger partial charge >= 0.3 is 0 Å². The van der Waals surface area contributed by atoms with E-state index in [-0.39, 0.29) is 5.41 Å². The molecule has 1 saturated carbocycles. The summed E-state index contributed by atoms with van der Waals surface area (Å²) >= 11 is 0. The van der Waals surface area contributed by atoms with Gasteiger partial charge in [0, 0.05) is 12.0 Å². The van der Waals surface area contributed by atoms with Crippen LogP contribution < -0.4 is 5.73 Å².